The Balaban J connectivity index is 2.15. The van der Waals surface area contributed by atoms with Crippen molar-refractivity contribution in [3.63, 3.8) is 0 Å². The van der Waals surface area contributed by atoms with Crippen molar-refractivity contribution in [3.8, 4) is 22.7 Å². The lowest BCUT2D eigenvalue weighted by Crippen LogP contribution is -2.05. The lowest BCUT2D eigenvalue weighted by molar-refractivity contribution is 0.111. The zero-order chi connectivity index (χ0) is 16.1. The molecule has 0 amide bonds. The molecule has 0 aliphatic rings. The minimum Gasteiger partial charge on any atom is -0.491 e. The molecule has 5 heteroatoms. The Morgan fingerprint density at radius 3 is 2.57 bits per heavy atom. The standard InChI is InChI=1S/C18H17N3O2/c1-2-12-23-17-11-7-6-10-16(17)21-18(15(13-22)19-20-21)14-8-4-3-5-9-14/h3-11,13H,2,12H2,1H3. The summed E-state index contributed by atoms with van der Waals surface area (Å²) < 4.78 is 7.45. The summed E-state index contributed by atoms with van der Waals surface area (Å²) >= 11 is 0. The topological polar surface area (TPSA) is 57.0 Å². The number of para-hydroxylation sites is 2. The van der Waals surface area contributed by atoms with Crippen LogP contribution in [0.3, 0.4) is 0 Å². The SMILES string of the molecule is CCCOc1ccccc1-n1nnc(C=O)c1-c1ccccc1. The molecule has 0 radical (unpaired) electrons. The molecule has 0 aliphatic heterocycles. The maximum absolute atomic E-state index is 11.4. The summed E-state index contributed by atoms with van der Waals surface area (Å²) in [5.41, 5.74) is 2.61. The van der Waals surface area contributed by atoms with Crippen LogP contribution >= 0.6 is 0 Å². The van der Waals surface area contributed by atoms with Gasteiger partial charge in [-0.3, -0.25) is 4.79 Å². The molecular formula is C18H17N3O2. The highest BCUT2D eigenvalue weighted by atomic mass is 16.5. The van der Waals surface area contributed by atoms with E-state index in [0.29, 0.717) is 23.7 Å². The zero-order valence-electron chi connectivity index (χ0n) is 12.8. The molecule has 23 heavy (non-hydrogen) atoms. The Kier molecular flexibility index (Phi) is 4.47. The summed E-state index contributed by atoms with van der Waals surface area (Å²) in [7, 11) is 0. The Bertz CT molecular complexity index is 797. The first-order valence-electron chi connectivity index (χ1n) is 7.53. The molecule has 0 bridgehead atoms. The number of benzene rings is 2. The third-order valence-corrected chi connectivity index (χ3v) is 3.41. The van der Waals surface area contributed by atoms with E-state index in [2.05, 4.69) is 17.2 Å². The molecule has 0 saturated carbocycles. The molecule has 1 heterocycles. The van der Waals surface area contributed by atoms with E-state index in [1.54, 1.807) is 4.68 Å². The molecule has 0 unspecified atom stereocenters. The predicted molar refractivity (Wildman–Crippen MR) is 88.0 cm³/mol. The van der Waals surface area contributed by atoms with Gasteiger partial charge in [-0.15, -0.1) is 5.10 Å². The highest BCUT2D eigenvalue weighted by Gasteiger charge is 2.18. The summed E-state index contributed by atoms with van der Waals surface area (Å²) in [6.45, 7) is 2.67. The summed E-state index contributed by atoms with van der Waals surface area (Å²) in [5.74, 6) is 0.717. The van der Waals surface area contributed by atoms with Crippen LogP contribution in [-0.4, -0.2) is 27.9 Å². The van der Waals surface area contributed by atoms with Crippen molar-refractivity contribution in [2.45, 2.75) is 13.3 Å². The van der Waals surface area contributed by atoms with Crippen LogP contribution in [0.2, 0.25) is 0 Å². The number of ether oxygens (including phenoxy) is 1. The maximum Gasteiger partial charge on any atom is 0.172 e. The average Bonchev–Trinajstić information content (AvgIpc) is 3.04. The van der Waals surface area contributed by atoms with Gasteiger partial charge in [0.1, 0.15) is 17.1 Å². The van der Waals surface area contributed by atoms with Crippen LogP contribution in [0.25, 0.3) is 16.9 Å². The van der Waals surface area contributed by atoms with Gasteiger partial charge in [0.15, 0.2) is 12.0 Å². The smallest absolute Gasteiger partial charge is 0.172 e. The lowest BCUT2D eigenvalue weighted by Gasteiger charge is -2.12. The number of aldehydes is 1. The molecule has 0 saturated heterocycles. The molecule has 2 aromatic carbocycles. The van der Waals surface area contributed by atoms with E-state index in [-0.39, 0.29) is 0 Å². The highest BCUT2D eigenvalue weighted by Crippen LogP contribution is 2.29. The maximum atomic E-state index is 11.4. The molecule has 5 nitrogen and oxygen atoms in total. The van der Waals surface area contributed by atoms with Gasteiger partial charge in [0.05, 0.1) is 6.61 Å². The van der Waals surface area contributed by atoms with Crippen molar-refractivity contribution in [2.75, 3.05) is 6.61 Å². The molecular weight excluding hydrogens is 290 g/mol. The molecule has 3 aromatic rings. The van der Waals surface area contributed by atoms with Crippen LogP contribution in [0.5, 0.6) is 5.75 Å². The number of carbonyl (C=O) groups is 1. The van der Waals surface area contributed by atoms with E-state index in [1.165, 1.54) is 0 Å². The Hall–Kier alpha value is -2.95. The van der Waals surface area contributed by atoms with E-state index >= 15 is 0 Å². The number of rotatable bonds is 6. The van der Waals surface area contributed by atoms with Gasteiger partial charge in [-0.2, -0.15) is 0 Å². The summed E-state index contributed by atoms with van der Waals surface area (Å²) in [4.78, 5) is 11.4. The number of hydrogen-bond acceptors (Lipinski definition) is 4. The zero-order valence-corrected chi connectivity index (χ0v) is 12.8. The van der Waals surface area contributed by atoms with E-state index in [1.807, 2.05) is 54.6 Å². The summed E-state index contributed by atoms with van der Waals surface area (Å²) in [6.07, 6.45) is 1.64. The Labute approximate surface area is 134 Å². The van der Waals surface area contributed by atoms with Crippen LogP contribution in [-0.2, 0) is 0 Å². The first kappa shape index (κ1) is 15.0. The van der Waals surface area contributed by atoms with Gasteiger partial charge in [-0.05, 0) is 18.6 Å². The fourth-order valence-electron chi connectivity index (χ4n) is 2.37. The van der Waals surface area contributed by atoms with Crippen LogP contribution in [0.4, 0.5) is 0 Å². The third-order valence-electron chi connectivity index (χ3n) is 3.41. The van der Waals surface area contributed by atoms with Crippen molar-refractivity contribution >= 4 is 6.29 Å². The molecule has 1 aromatic heterocycles. The molecule has 0 N–H and O–H groups in total. The highest BCUT2D eigenvalue weighted by molar-refractivity contribution is 5.84. The van der Waals surface area contributed by atoms with Gasteiger partial charge in [0.2, 0.25) is 0 Å². The second kappa shape index (κ2) is 6.87. The third kappa shape index (κ3) is 2.99. The molecule has 0 aliphatic carbocycles. The number of aromatic nitrogens is 3. The normalized spacial score (nSPS) is 10.5. The molecule has 116 valence electrons. The van der Waals surface area contributed by atoms with Crippen molar-refractivity contribution in [3.05, 3.63) is 60.3 Å². The second-order valence-electron chi connectivity index (χ2n) is 5.04. The monoisotopic (exact) mass is 307 g/mol. The largest absolute Gasteiger partial charge is 0.491 e. The van der Waals surface area contributed by atoms with E-state index in [4.69, 9.17) is 4.74 Å². The number of nitrogens with zero attached hydrogens (tertiary/aromatic N) is 3. The van der Waals surface area contributed by atoms with Crippen LogP contribution < -0.4 is 4.74 Å². The van der Waals surface area contributed by atoms with Crippen molar-refractivity contribution in [2.24, 2.45) is 0 Å². The molecule has 3 rings (SSSR count). The minimum absolute atomic E-state index is 0.307. The lowest BCUT2D eigenvalue weighted by atomic mass is 10.1. The minimum atomic E-state index is 0.307. The Morgan fingerprint density at radius 2 is 1.83 bits per heavy atom. The number of carbonyl (C=O) groups excluding carboxylic acids is 1. The molecule has 0 spiro atoms. The predicted octanol–water partition coefficient (Wildman–Crippen LogP) is 3.54. The molecule has 0 atom stereocenters. The van der Waals surface area contributed by atoms with Gasteiger partial charge in [-0.1, -0.05) is 54.6 Å². The van der Waals surface area contributed by atoms with Crippen molar-refractivity contribution < 1.29 is 9.53 Å². The summed E-state index contributed by atoms with van der Waals surface area (Å²) in [5, 5.41) is 8.16. The van der Waals surface area contributed by atoms with Gasteiger partial charge in [0.25, 0.3) is 0 Å². The van der Waals surface area contributed by atoms with E-state index < -0.39 is 0 Å². The van der Waals surface area contributed by atoms with Gasteiger partial charge >= 0.3 is 0 Å². The quantitative estimate of drug-likeness (QED) is 0.654. The van der Waals surface area contributed by atoms with Crippen LogP contribution in [0.15, 0.2) is 54.6 Å². The number of hydrogen-bond donors (Lipinski definition) is 0. The molecule has 0 fully saturated rings. The van der Waals surface area contributed by atoms with E-state index in [9.17, 15) is 4.79 Å². The van der Waals surface area contributed by atoms with Crippen LogP contribution in [0.1, 0.15) is 23.8 Å². The summed E-state index contributed by atoms with van der Waals surface area (Å²) in [6, 6.07) is 17.2. The van der Waals surface area contributed by atoms with Gasteiger partial charge in [-0.25, -0.2) is 4.68 Å². The average molecular weight is 307 g/mol. The fourth-order valence-corrected chi connectivity index (χ4v) is 2.37. The van der Waals surface area contributed by atoms with E-state index in [0.717, 1.165) is 24.0 Å². The first-order valence-corrected chi connectivity index (χ1v) is 7.53. The van der Waals surface area contributed by atoms with Crippen LogP contribution in [0, 0.1) is 0 Å². The van der Waals surface area contributed by atoms with Gasteiger partial charge < -0.3 is 4.74 Å². The van der Waals surface area contributed by atoms with Gasteiger partial charge in [0, 0.05) is 5.56 Å². The van der Waals surface area contributed by atoms with Crippen molar-refractivity contribution in [1.29, 1.82) is 0 Å². The first-order chi connectivity index (χ1) is 11.3. The fraction of sp³-hybridized carbons (Fsp3) is 0.167. The Morgan fingerprint density at radius 1 is 1.09 bits per heavy atom. The second-order valence-corrected chi connectivity index (χ2v) is 5.04. The van der Waals surface area contributed by atoms with Crippen molar-refractivity contribution in [1.82, 2.24) is 15.0 Å².